The Hall–Kier alpha value is -1.84. The topological polar surface area (TPSA) is 38.3 Å². The van der Waals surface area contributed by atoms with E-state index in [1.54, 1.807) is 12.1 Å². The number of benzene rings is 1. The molecule has 2 unspecified atom stereocenters. The summed E-state index contributed by atoms with van der Waals surface area (Å²) in [5.74, 6) is 0.942. The van der Waals surface area contributed by atoms with E-state index in [2.05, 4.69) is 5.48 Å². The maximum atomic E-state index is 13.6. The molecule has 5 rings (SSSR count). The molecule has 0 saturated heterocycles. The highest BCUT2D eigenvalue weighted by Gasteiger charge is 2.42. The van der Waals surface area contributed by atoms with Crippen molar-refractivity contribution in [2.45, 2.75) is 32.1 Å². The first-order valence-electron chi connectivity index (χ1n) is 7.64. The molecule has 21 heavy (non-hydrogen) atoms. The lowest BCUT2D eigenvalue weighted by Crippen LogP contribution is -2.40. The molecule has 1 N–H and O–H groups in total. The van der Waals surface area contributed by atoms with E-state index in [9.17, 15) is 9.18 Å². The molecule has 0 radical (unpaired) electrons. The van der Waals surface area contributed by atoms with Crippen molar-refractivity contribution in [1.82, 2.24) is 5.48 Å². The van der Waals surface area contributed by atoms with Gasteiger partial charge in [-0.3, -0.25) is 0 Å². The zero-order valence-corrected chi connectivity index (χ0v) is 11.8. The van der Waals surface area contributed by atoms with E-state index in [1.165, 1.54) is 37.0 Å². The standard InChI is InChI=1S/C17H18FNO2/c18-15-4-2-1-3-14(15)17(20)21-19-16-12-6-10-5-11(8-12)9-13(16)7-10/h1-4,10-12,19H,5-9H2. The Kier molecular flexibility index (Phi) is 2.98. The van der Waals surface area contributed by atoms with E-state index in [-0.39, 0.29) is 5.56 Å². The van der Waals surface area contributed by atoms with Crippen LogP contribution in [0, 0.1) is 23.6 Å². The van der Waals surface area contributed by atoms with Gasteiger partial charge in [0, 0.05) is 5.92 Å². The Labute approximate surface area is 123 Å². The third-order valence-corrected chi connectivity index (χ3v) is 5.11. The summed E-state index contributed by atoms with van der Waals surface area (Å²) in [6, 6.07) is 5.89. The fraction of sp³-hybridized carbons (Fsp3) is 0.471. The normalized spacial score (nSPS) is 29.7. The van der Waals surface area contributed by atoms with Crippen LogP contribution in [0.4, 0.5) is 4.39 Å². The zero-order valence-electron chi connectivity index (χ0n) is 11.8. The van der Waals surface area contributed by atoms with Gasteiger partial charge in [-0.05, 0) is 61.6 Å². The summed E-state index contributed by atoms with van der Waals surface area (Å²) in [7, 11) is 0. The third kappa shape index (κ3) is 2.23. The maximum Gasteiger partial charge on any atom is 0.365 e. The molecular formula is C17H18FNO2. The summed E-state index contributed by atoms with van der Waals surface area (Å²) in [5.41, 5.74) is 5.33. The lowest BCUT2D eigenvalue weighted by Gasteiger charge is -2.47. The van der Waals surface area contributed by atoms with Gasteiger partial charge in [0.1, 0.15) is 5.82 Å². The summed E-state index contributed by atoms with van der Waals surface area (Å²) < 4.78 is 13.6. The molecule has 2 fully saturated rings. The molecule has 0 heterocycles. The first kappa shape index (κ1) is 12.9. The molecule has 0 aromatic heterocycles. The summed E-state index contributed by atoms with van der Waals surface area (Å²) >= 11 is 0. The van der Waals surface area contributed by atoms with E-state index in [1.807, 2.05) is 0 Å². The lowest BCUT2D eigenvalue weighted by atomic mass is 9.60. The van der Waals surface area contributed by atoms with Crippen molar-refractivity contribution in [3.8, 4) is 0 Å². The maximum absolute atomic E-state index is 13.6. The van der Waals surface area contributed by atoms with E-state index in [0.717, 1.165) is 30.4 Å². The average molecular weight is 287 g/mol. The molecular weight excluding hydrogens is 269 g/mol. The number of halogens is 1. The highest BCUT2D eigenvalue weighted by atomic mass is 19.1. The van der Waals surface area contributed by atoms with Crippen LogP contribution in [0.2, 0.25) is 0 Å². The first-order chi connectivity index (χ1) is 10.2. The molecule has 4 bridgehead atoms. The van der Waals surface area contributed by atoms with Crippen molar-refractivity contribution >= 4 is 5.97 Å². The molecule has 1 aromatic rings. The number of nitrogens with one attached hydrogen (secondary N) is 1. The highest BCUT2D eigenvalue weighted by Crippen LogP contribution is 2.52. The quantitative estimate of drug-likeness (QED) is 0.864. The molecule has 3 nitrogen and oxygen atoms in total. The van der Waals surface area contributed by atoms with Crippen molar-refractivity contribution < 1.29 is 14.0 Å². The largest absolute Gasteiger partial charge is 0.365 e. The van der Waals surface area contributed by atoms with Gasteiger partial charge in [-0.1, -0.05) is 12.1 Å². The Morgan fingerprint density at radius 1 is 1.14 bits per heavy atom. The minimum absolute atomic E-state index is 0.0283. The molecule has 2 saturated carbocycles. The fourth-order valence-corrected chi connectivity index (χ4v) is 4.36. The van der Waals surface area contributed by atoms with Crippen LogP contribution in [-0.4, -0.2) is 5.97 Å². The van der Waals surface area contributed by atoms with E-state index >= 15 is 0 Å². The van der Waals surface area contributed by atoms with E-state index < -0.39 is 11.8 Å². The monoisotopic (exact) mass is 287 g/mol. The lowest BCUT2D eigenvalue weighted by molar-refractivity contribution is 0.0234. The van der Waals surface area contributed by atoms with Crippen LogP contribution in [0.25, 0.3) is 0 Å². The van der Waals surface area contributed by atoms with Gasteiger partial charge in [-0.25, -0.2) is 14.7 Å². The fourth-order valence-electron chi connectivity index (χ4n) is 4.36. The predicted molar refractivity (Wildman–Crippen MR) is 75.5 cm³/mol. The molecule has 4 aliphatic rings. The number of carbonyl (C=O) groups is 1. The Morgan fingerprint density at radius 3 is 2.52 bits per heavy atom. The van der Waals surface area contributed by atoms with Crippen LogP contribution in [-0.2, 0) is 4.84 Å². The van der Waals surface area contributed by atoms with Gasteiger partial charge in [0.25, 0.3) is 0 Å². The Morgan fingerprint density at radius 2 is 1.86 bits per heavy atom. The number of rotatable bonds is 3. The molecule has 0 amide bonds. The molecule has 2 atom stereocenters. The van der Waals surface area contributed by atoms with Gasteiger partial charge in [0.15, 0.2) is 0 Å². The molecule has 0 aliphatic heterocycles. The minimum Gasteiger partial charge on any atom is -0.338 e. The SMILES string of the molecule is O=C(ONC1=C2CC3CC(C2)CC1C3)c1ccccc1F. The molecule has 1 aromatic carbocycles. The van der Waals surface area contributed by atoms with Crippen LogP contribution in [0.1, 0.15) is 42.5 Å². The van der Waals surface area contributed by atoms with Gasteiger partial charge in [0.2, 0.25) is 0 Å². The summed E-state index contributed by atoms with van der Waals surface area (Å²) in [5, 5.41) is 0. The highest BCUT2D eigenvalue weighted by molar-refractivity contribution is 5.89. The summed E-state index contributed by atoms with van der Waals surface area (Å²) in [6.45, 7) is 0. The van der Waals surface area contributed by atoms with Crippen molar-refractivity contribution in [1.29, 1.82) is 0 Å². The van der Waals surface area contributed by atoms with Gasteiger partial charge in [-0.15, -0.1) is 0 Å². The van der Waals surface area contributed by atoms with Gasteiger partial charge in [0.05, 0.1) is 11.3 Å². The summed E-state index contributed by atoms with van der Waals surface area (Å²) in [6.07, 6.45) is 6.01. The number of hydroxylamine groups is 1. The Balaban J connectivity index is 1.48. The Bertz CT molecular complexity index is 609. The van der Waals surface area contributed by atoms with Crippen LogP contribution in [0.3, 0.4) is 0 Å². The van der Waals surface area contributed by atoms with Crippen LogP contribution in [0.5, 0.6) is 0 Å². The van der Waals surface area contributed by atoms with Crippen molar-refractivity contribution in [2.75, 3.05) is 0 Å². The third-order valence-electron chi connectivity index (χ3n) is 5.11. The average Bonchev–Trinajstić information content (AvgIpc) is 2.46. The van der Waals surface area contributed by atoms with Crippen molar-refractivity contribution in [2.24, 2.45) is 17.8 Å². The van der Waals surface area contributed by atoms with Crippen LogP contribution < -0.4 is 5.48 Å². The molecule has 4 heteroatoms. The van der Waals surface area contributed by atoms with Crippen LogP contribution >= 0.6 is 0 Å². The molecule has 0 spiro atoms. The second-order valence-electron chi connectivity index (χ2n) is 6.53. The molecule has 4 aliphatic carbocycles. The second-order valence-corrected chi connectivity index (χ2v) is 6.53. The van der Waals surface area contributed by atoms with Crippen LogP contribution in [0.15, 0.2) is 35.5 Å². The van der Waals surface area contributed by atoms with Crippen molar-refractivity contribution in [3.63, 3.8) is 0 Å². The second kappa shape index (κ2) is 4.86. The number of carbonyl (C=O) groups excluding carboxylic acids is 1. The number of allylic oxidation sites excluding steroid dienone is 2. The van der Waals surface area contributed by atoms with Gasteiger partial charge >= 0.3 is 5.97 Å². The van der Waals surface area contributed by atoms with Crippen molar-refractivity contribution in [3.05, 3.63) is 46.9 Å². The van der Waals surface area contributed by atoms with Gasteiger partial charge < -0.3 is 4.84 Å². The van der Waals surface area contributed by atoms with Gasteiger partial charge in [-0.2, -0.15) is 0 Å². The zero-order chi connectivity index (χ0) is 14.4. The number of hydrogen-bond acceptors (Lipinski definition) is 3. The van der Waals surface area contributed by atoms with E-state index in [0.29, 0.717) is 5.92 Å². The summed E-state index contributed by atoms with van der Waals surface area (Å²) in [4.78, 5) is 17.1. The number of hydrogen-bond donors (Lipinski definition) is 1. The molecule has 110 valence electrons. The smallest absolute Gasteiger partial charge is 0.338 e. The first-order valence-corrected chi connectivity index (χ1v) is 7.64. The minimum atomic E-state index is -0.657. The van der Waals surface area contributed by atoms with E-state index in [4.69, 9.17) is 4.84 Å². The predicted octanol–water partition coefficient (Wildman–Crippen LogP) is 3.58.